The highest BCUT2D eigenvalue weighted by atomic mass is 35.5. The van der Waals surface area contributed by atoms with E-state index >= 15 is 0 Å². The average molecular weight is 476 g/mol. The summed E-state index contributed by atoms with van der Waals surface area (Å²) in [5.74, 6) is 1.08. The number of hydrogen-bond donors (Lipinski definition) is 1. The third-order valence-corrected chi connectivity index (χ3v) is 5.74. The molecular weight excluding hydrogens is 454 g/mol. The zero-order chi connectivity index (χ0) is 23.3. The van der Waals surface area contributed by atoms with Crippen LogP contribution in [0, 0.1) is 24.0 Å². The summed E-state index contributed by atoms with van der Waals surface area (Å²) in [5, 5.41) is 22.7. The number of carbonyl (C=O) groups is 1. The molecule has 0 spiro atoms. The maximum atomic E-state index is 12.4. The molecule has 1 N–H and O–H groups in total. The molecule has 0 saturated carbocycles. The van der Waals surface area contributed by atoms with Crippen molar-refractivity contribution in [1.29, 1.82) is 0 Å². The number of nitro groups is 1. The van der Waals surface area contributed by atoms with Gasteiger partial charge in [-0.05, 0) is 50.1 Å². The Balaban J connectivity index is 1.62. The zero-order valence-corrected chi connectivity index (χ0v) is 19.4. The lowest BCUT2D eigenvalue weighted by Gasteiger charge is -2.10. The van der Waals surface area contributed by atoms with Crippen LogP contribution >= 0.6 is 23.4 Å². The van der Waals surface area contributed by atoms with Crippen LogP contribution in [0.3, 0.4) is 0 Å². The summed E-state index contributed by atoms with van der Waals surface area (Å²) in [5.41, 5.74) is 2.26. The number of nitro benzene ring substituents is 1. The Morgan fingerprint density at radius 3 is 2.59 bits per heavy atom. The number of hydrogen-bond acceptors (Lipinski definition) is 7. The predicted molar refractivity (Wildman–Crippen MR) is 123 cm³/mol. The van der Waals surface area contributed by atoms with Crippen LogP contribution in [0.1, 0.15) is 23.9 Å². The van der Waals surface area contributed by atoms with Gasteiger partial charge in [0.25, 0.3) is 5.69 Å². The van der Waals surface area contributed by atoms with E-state index in [2.05, 4.69) is 21.6 Å². The molecule has 0 atom stereocenters. The van der Waals surface area contributed by atoms with Gasteiger partial charge in [-0.15, -0.1) is 10.2 Å². The van der Waals surface area contributed by atoms with Gasteiger partial charge in [0.1, 0.15) is 12.4 Å². The van der Waals surface area contributed by atoms with Crippen molar-refractivity contribution >= 4 is 40.6 Å². The summed E-state index contributed by atoms with van der Waals surface area (Å²) in [6.45, 7) is 6.83. The van der Waals surface area contributed by atoms with Crippen LogP contribution in [0.25, 0.3) is 0 Å². The topological polar surface area (TPSA) is 112 Å². The number of amides is 1. The highest BCUT2D eigenvalue weighted by Gasteiger charge is 2.16. The van der Waals surface area contributed by atoms with Gasteiger partial charge in [-0.2, -0.15) is 0 Å². The Kier molecular flexibility index (Phi) is 7.70. The molecule has 3 aromatic rings. The van der Waals surface area contributed by atoms with Gasteiger partial charge in [0.2, 0.25) is 5.91 Å². The molecule has 3 rings (SSSR count). The predicted octanol–water partition coefficient (Wildman–Crippen LogP) is 4.79. The second-order valence-electron chi connectivity index (χ2n) is 7.01. The number of ether oxygens (including phenoxy) is 1. The van der Waals surface area contributed by atoms with E-state index in [9.17, 15) is 14.9 Å². The summed E-state index contributed by atoms with van der Waals surface area (Å²) >= 11 is 7.24. The molecule has 0 saturated heterocycles. The van der Waals surface area contributed by atoms with E-state index in [0.717, 1.165) is 16.9 Å². The lowest BCUT2D eigenvalue weighted by Crippen LogP contribution is -2.15. The molecule has 168 valence electrons. The normalized spacial score (nSPS) is 10.8. The van der Waals surface area contributed by atoms with E-state index in [1.165, 1.54) is 30.0 Å². The quantitative estimate of drug-likeness (QED) is 0.269. The first-order valence-electron chi connectivity index (χ1n) is 9.76. The second kappa shape index (κ2) is 10.5. The fourth-order valence-corrected chi connectivity index (χ4v) is 4.04. The van der Waals surface area contributed by atoms with Gasteiger partial charge in [0.15, 0.2) is 11.0 Å². The van der Waals surface area contributed by atoms with Crippen molar-refractivity contribution in [2.75, 3.05) is 11.1 Å². The van der Waals surface area contributed by atoms with Crippen LogP contribution in [-0.4, -0.2) is 31.3 Å². The molecule has 0 bridgehead atoms. The number of nitrogens with zero attached hydrogens (tertiary/aromatic N) is 4. The molecule has 32 heavy (non-hydrogen) atoms. The highest BCUT2D eigenvalue weighted by molar-refractivity contribution is 7.99. The molecule has 0 aliphatic rings. The SMILES string of the molecule is CCn1c(COc2cc(C)cc(C)c2)nnc1SCC(=O)Nc1cc([N+](=O)[O-])ccc1Cl. The maximum absolute atomic E-state index is 12.4. The van der Waals surface area contributed by atoms with Gasteiger partial charge in [-0.3, -0.25) is 14.9 Å². The van der Waals surface area contributed by atoms with E-state index in [1.807, 2.05) is 37.5 Å². The minimum atomic E-state index is -0.549. The van der Waals surface area contributed by atoms with E-state index in [1.54, 1.807) is 0 Å². The summed E-state index contributed by atoms with van der Waals surface area (Å²) in [4.78, 5) is 22.7. The first kappa shape index (κ1) is 23.6. The van der Waals surface area contributed by atoms with E-state index in [-0.39, 0.29) is 34.7 Å². The Morgan fingerprint density at radius 2 is 1.94 bits per heavy atom. The zero-order valence-electron chi connectivity index (χ0n) is 17.8. The van der Waals surface area contributed by atoms with Gasteiger partial charge in [0, 0.05) is 18.7 Å². The Hall–Kier alpha value is -3.11. The lowest BCUT2D eigenvalue weighted by molar-refractivity contribution is -0.384. The summed E-state index contributed by atoms with van der Waals surface area (Å²) in [6.07, 6.45) is 0. The standard InChI is InChI=1S/C21H22ClN5O4S/c1-4-26-19(11-31-16-8-13(2)7-14(3)9-16)24-25-21(26)32-12-20(28)23-18-10-15(27(29)30)5-6-17(18)22/h5-10H,4,11-12H2,1-3H3,(H,23,28). The van der Waals surface area contributed by atoms with Crippen LogP contribution in [-0.2, 0) is 17.9 Å². The molecule has 1 amide bonds. The largest absolute Gasteiger partial charge is 0.486 e. The van der Waals surface area contributed by atoms with Gasteiger partial charge >= 0.3 is 0 Å². The molecule has 0 aliphatic carbocycles. The summed E-state index contributed by atoms with van der Waals surface area (Å²) in [7, 11) is 0. The monoisotopic (exact) mass is 475 g/mol. The number of thioether (sulfide) groups is 1. The fourth-order valence-electron chi connectivity index (χ4n) is 3.05. The number of aryl methyl sites for hydroxylation is 2. The first-order valence-corrected chi connectivity index (χ1v) is 11.1. The number of nitrogens with one attached hydrogen (secondary N) is 1. The fraction of sp³-hybridized carbons (Fsp3) is 0.286. The van der Waals surface area contributed by atoms with Crippen molar-refractivity contribution in [3.05, 3.63) is 68.5 Å². The van der Waals surface area contributed by atoms with Gasteiger partial charge in [-0.1, -0.05) is 29.4 Å². The molecule has 9 nitrogen and oxygen atoms in total. The van der Waals surface area contributed by atoms with E-state index < -0.39 is 4.92 Å². The number of halogens is 1. The van der Waals surface area contributed by atoms with Crippen LogP contribution in [0.15, 0.2) is 41.6 Å². The third-order valence-electron chi connectivity index (χ3n) is 4.44. The molecular formula is C21H22ClN5O4S. The van der Waals surface area contributed by atoms with Crippen molar-refractivity contribution < 1.29 is 14.5 Å². The van der Waals surface area contributed by atoms with Gasteiger partial charge < -0.3 is 14.6 Å². The molecule has 11 heteroatoms. The molecule has 0 unspecified atom stereocenters. The summed E-state index contributed by atoms with van der Waals surface area (Å²) < 4.78 is 7.75. The van der Waals surface area contributed by atoms with Crippen LogP contribution < -0.4 is 10.1 Å². The van der Waals surface area contributed by atoms with Crippen LogP contribution in [0.5, 0.6) is 5.75 Å². The summed E-state index contributed by atoms with van der Waals surface area (Å²) in [6, 6.07) is 9.86. The minimum Gasteiger partial charge on any atom is -0.486 e. The number of carbonyl (C=O) groups excluding carboxylic acids is 1. The third kappa shape index (κ3) is 5.98. The number of rotatable bonds is 9. The average Bonchev–Trinajstić information content (AvgIpc) is 3.13. The van der Waals surface area contributed by atoms with Crippen LogP contribution in [0.2, 0.25) is 5.02 Å². The molecule has 1 aromatic heterocycles. The van der Waals surface area contributed by atoms with Crippen molar-refractivity contribution in [3.8, 4) is 5.75 Å². The van der Waals surface area contributed by atoms with E-state index in [0.29, 0.717) is 17.5 Å². The molecule has 0 aliphatic heterocycles. The Bertz CT molecular complexity index is 1130. The minimum absolute atomic E-state index is 0.0368. The second-order valence-corrected chi connectivity index (χ2v) is 8.36. The van der Waals surface area contributed by atoms with Crippen molar-refractivity contribution in [2.24, 2.45) is 0 Å². The number of benzene rings is 2. The number of anilines is 1. The van der Waals surface area contributed by atoms with Crippen molar-refractivity contribution in [2.45, 2.75) is 39.1 Å². The molecule has 1 heterocycles. The molecule has 0 radical (unpaired) electrons. The Labute approximate surface area is 194 Å². The smallest absolute Gasteiger partial charge is 0.271 e. The Morgan fingerprint density at radius 1 is 1.22 bits per heavy atom. The molecule has 2 aromatic carbocycles. The molecule has 0 fully saturated rings. The van der Waals surface area contributed by atoms with Crippen LogP contribution in [0.4, 0.5) is 11.4 Å². The first-order chi connectivity index (χ1) is 15.3. The van der Waals surface area contributed by atoms with Gasteiger partial charge in [-0.25, -0.2) is 0 Å². The number of aromatic nitrogens is 3. The van der Waals surface area contributed by atoms with E-state index in [4.69, 9.17) is 16.3 Å². The highest BCUT2D eigenvalue weighted by Crippen LogP contribution is 2.27. The lowest BCUT2D eigenvalue weighted by atomic mass is 10.1. The van der Waals surface area contributed by atoms with Gasteiger partial charge in [0.05, 0.1) is 21.4 Å². The number of non-ortho nitro benzene ring substituents is 1. The van der Waals surface area contributed by atoms with Crippen molar-refractivity contribution in [3.63, 3.8) is 0 Å². The maximum Gasteiger partial charge on any atom is 0.271 e. The van der Waals surface area contributed by atoms with Crippen molar-refractivity contribution in [1.82, 2.24) is 14.8 Å².